The average molecular weight is 400 g/mol. The molecular formula is C21H28N4O4. The minimum absolute atomic E-state index is 0.257. The second-order valence-corrected chi connectivity index (χ2v) is 7.21. The zero-order valence-corrected chi connectivity index (χ0v) is 17.0. The number of amides is 1. The van der Waals surface area contributed by atoms with Gasteiger partial charge < -0.3 is 19.3 Å². The molecule has 2 aromatic rings. The number of nitrogens with one attached hydrogen (secondary N) is 1. The van der Waals surface area contributed by atoms with Gasteiger partial charge in [-0.05, 0) is 31.2 Å². The van der Waals surface area contributed by atoms with Crippen molar-refractivity contribution in [1.82, 2.24) is 15.1 Å². The van der Waals surface area contributed by atoms with Crippen LogP contribution in [-0.2, 0) is 16.1 Å². The Kier molecular flexibility index (Phi) is 7.10. The molecule has 1 aliphatic heterocycles. The molecule has 0 unspecified atom stereocenters. The van der Waals surface area contributed by atoms with E-state index < -0.39 is 5.97 Å². The van der Waals surface area contributed by atoms with E-state index in [2.05, 4.69) is 10.2 Å². The highest BCUT2D eigenvalue weighted by molar-refractivity contribution is 5.88. The summed E-state index contributed by atoms with van der Waals surface area (Å²) in [6.07, 6.45) is 1.55. The molecule has 0 saturated carbocycles. The number of aromatic amines is 1. The monoisotopic (exact) mass is 400 g/mol. The molecular weight excluding hydrogens is 372 g/mol. The number of hydrogen-bond acceptors (Lipinski definition) is 6. The zero-order chi connectivity index (χ0) is 20.6. The Bertz CT molecular complexity index is 800. The summed E-state index contributed by atoms with van der Waals surface area (Å²) in [7, 11) is 1.95. The van der Waals surface area contributed by atoms with Crippen molar-refractivity contribution in [3.8, 4) is 0 Å². The van der Waals surface area contributed by atoms with Crippen LogP contribution < -0.4 is 4.90 Å². The van der Waals surface area contributed by atoms with Crippen LogP contribution in [-0.4, -0.2) is 60.4 Å². The van der Waals surface area contributed by atoms with Crippen molar-refractivity contribution < 1.29 is 19.1 Å². The highest BCUT2D eigenvalue weighted by Gasteiger charge is 2.25. The van der Waals surface area contributed by atoms with Gasteiger partial charge in [-0.15, -0.1) is 0 Å². The molecule has 1 amide bonds. The van der Waals surface area contributed by atoms with Gasteiger partial charge >= 0.3 is 12.1 Å². The molecule has 0 bridgehead atoms. The lowest BCUT2D eigenvalue weighted by Crippen LogP contribution is -2.41. The number of piperidine rings is 1. The second-order valence-electron chi connectivity index (χ2n) is 7.21. The summed E-state index contributed by atoms with van der Waals surface area (Å²) >= 11 is 0. The molecule has 8 heteroatoms. The van der Waals surface area contributed by atoms with Gasteiger partial charge in [0, 0.05) is 32.7 Å². The minimum atomic E-state index is -0.401. The third kappa shape index (κ3) is 5.73. The quantitative estimate of drug-likeness (QED) is 0.719. The van der Waals surface area contributed by atoms with Crippen molar-refractivity contribution in [2.45, 2.75) is 26.4 Å². The molecule has 1 aromatic heterocycles. The van der Waals surface area contributed by atoms with E-state index in [1.807, 2.05) is 42.3 Å². The van der Waals surface area contributed by atoms with Crippen LogP contribution in [0.5, 0.6) is 0 Å². The van der Waals surface area contributed by atoms with Crippen molar-refractivity contribution in [3.05, 3.63) is 47.7 Å². The zero-order valence-electron chi connectivity index (χ0n) is 17.0. The van der Waals surface area contributed by atoms with E-state index in [1.54, 1.807) is 17.9 Å². The Balaban J connectivity index is 1.42. The number of anilines is 1. The molecule has 1 N–H and O–H groups in total. The number of H-pyrrole nitrogens is 1. The molecule has 3 rings (SSSR count). The lowest BCUT2D eigenvalue weighted by Gasteiger charge is -2.33. The van der Waals surface area contributed by atoms with Gasteiger partial charge in [-0.1, -0.05) is 30.3 Å². The van der Waals surface area contributed by atoms with Gasteiger partial charge in [0.05, 0.1) is 6.61 Å². The van der Waals surface area contributed by atoms with E-state index in [9.17, 15) is 9.59 Å². The van der Waals surface area contributed by atoms with Crippen molar-refractivity contribution >= 4 is 17.9 Å². The number of esters is 1. The SMILES string of the molecule is CCOC(=O)c1cc(N(C)CC2CCN(C(=O)OCc3ccccc3)CC2)n[nH]1. The number of carbonyl (C=O) groups is 2. The summed E-state index contributed by atoms with van der Waals surface area (Å²) in [5.74, 6) is 0.751. The molecule has 0 spiro atoms. The Morgan fingerprint density at radius 1 is 1.21 bits per heavy atom. The van der Waals surface area contributed by atoms with E-state index in [0.717, 1.165) is 24.9 Å². The first-order chi connectivity index (χ1) is 14.1. The maximum absolute atomic E-state index is 12.3. The number of aromatic nitrogens is 2. The summed E-state index contributed by atoms with van der Waals surface area (Å²) in [6.45, 7) is 4.56. The number of rotatable bonds is 7. The molecule has 8 nitrogen and oxygen atoms in total. The lowest BCUT2D eigenvalue weighted by atomic mass is 9.96. The first-order valence-corrected chi connectivity index (χ1v) is 9.96. The number of likely N-dealkylation sites (tertiary alicyclic amines) is 1. The number of benzene rings is 1. The predicted molar refractivity (Wildman–Crippen MR) is 109 cm³/mol. The predicted octanol–water partition coefficient (Wildman–Crippen LogP) is 3.07. The largest absolute Gasteiger partial charge is 0.461 e. The Morgan fingerprint density at radius 2 is 1.93 bits per heavy atom. The summed E-state index contributed by atoms with van der Waals surface area (Å²) in [6, 6.07) is 11.4. The van der Waals surface area contributed by atoms with Crippen LogP contribution in [0.2, 0.25) is 0 Å². The lowest BCUT2D eigenvalue weighted by molar-refractivity contribution is 0.0519. The fourth-order valence-corrected chi connectivity index (χ4v) is 3.41. The van der Waals surface area contributed by atoms with E-state index >= 15 is 0 Å². The van der Waals surface area contributed by atoms with Gasteiger partial charge in [0.15, 0.2) is 5.82 Å². The van der Waals surface area contributed by atoms with Crippen LogP contribution in [0.1, 0.15) is 35.8 Å². The van der Waals surface area contributed by atoms with Crippen molar-refractivity contribution in [2.24, 2.45) is 5.92 Å². The van der Waals surface area contributed by atoms with Crippen molar-refractivity contribution in [3.63, 3.8) is 0 Å². The van der Waals surface area contributed by atoms with E-state index in [1.165, 1.54) is 0 Å². The summed E-state index contributed by atoms with van der Waals surface area (Å²) in [5.41, 5.74) is 1.34. The molecule has 0 aliphatic carbocycles. The summed E-state index contributed by atoms with van der Waals surface area (Å²) in [4.78, 5) is 27.8. The van der Waals surface area contributed by atoms with Crippen LogP contribution in [0.25, 0.3) is 0 Å². The first kappa shape index (κ1) is 20.7. The molecule has 0 atom stereocenters. The average Bonchev–Trinajstić information content (AvgIpc) is 3.24. The van der Waals surface area contributed by atoms with Gasteiger partial charge in [0.1, 0.15) is 12.3 Å². The third-order valence-electron chi connectivity index (χ3n) is 5.06. The molecule has 0 radical (unpaired) electrons. The molecule has 1 aromatic carbocycles. The second kappa shape index (κ2) is 9.95. The fraction of sp³-hybridized carbons (Fsp3) is 0.476. The Hall–Kier alpha value is -3.03. The third-order valence-corrected chi connectivity index (χ3v) is 5.06. The topological polar surface area (TPSA) is 87.8 Å². The fourth-order valence-electron chi connectivity index (χ4n) is 3.41. The number of nitrogens with zero attached hydrogens (tertiary/aromatic N) is 3. The van der Waals surface area contributed by atoms with E-state index in [0.29, 0.717) is 43.7 Å². The standard InChI is InChI=1S/C21H28N4O4/c1-3-28-20(26)18-13-19(23-22-18)24(2)14-16-9-11-25(12-10-16)21(27)29-15-17-7-5-4-6-8-17/h4-8,13,16H,3,9-12,14-15H2,1-2H3,(H,22,23). The van der Waals surface area contributed by atoms with Crippen LogP contribution in [0.4, 0.5) is 10.6 Å². The molecule has 29 heavy (non-hydrogen) atoms. The normalized spacial score (nSPS) is 14.5. The van der Waals surface area contributed by atoms with Gasteiger partial charge in [-0.3, -0.25) is 5.10 Å². The Labute approximate surface area is 170 Å². The maximum atomic E-state index is 12.3. The van der Waals surface area contributed by atoms with E-state index in [-0.39, 0.29) is 6.09 Å². The molecule has 1 fully saturated rings. The van der Waals surface area contributed by atoms with Gasteiger partial charge in [0.2, 0.25) is 0 Å². The molecule has 1 aliphatic rings. The maximum Gasteiger partial charge on any atom is 0.410 e. The Morgan fingerprint density at radius 3 is 2.62 bits per heavy atom. The van der Waals surface area contributed by atoms with Crippen LogP contribution in [0.15, 0.2) is 36.4 Å². The highest BCUT2D eigenvalue weighted by Crippen LogP contribution is 2.21. The molecule has 2 heterocycles. The molecule has 156 valence electrons. The molecule has 1 saturated heterocycles. The van der Waals surface area contributed by atoms with Crippen LogP contribution in [0, 0.1) is 5.92 Å². The van der Waals surface area contributed by atoms with Crippen molar-refractivity contribution in [1.29, 1.82) is 0 Å². The minimum Gasteiger partial charge on any atom is -0.461 e. The van der Waals surface area contributed by atoms with Crippen LogP contribution >= 0.6 is 0 Å². The number of carbonyl (C=O) groups excluding carboxylic acids is 2. The highest BCUT2D eigenvalue weighted by atomic mass is 16.6. The van der Waals surface area contributed by atoms with Gasteiger partial charge in [-0.2, -0.15) is 5.10 Å². The van der Waals surface area contributed by atoms with Gasteiger partial charge in [0.25, 0.3) is 0 Å². The number of ether oxygens (including phenoxy) is 2. The summed E-state index contributed by atoms with van der Waals surface area (Å²) in [5, 5.41) is 6.92. The van der Waals surface area contributed by atoms with E-state index in [4.69, 9.17) is 9.47 Å². The number of hydrogen-bond donors (Lipinski definition) is 1. The van der Waals surface area contributed by atoms with Crippen molar-refractivity contribution in [2.75, 3.05) is 38.2 Å². The smallest absolute Gasteiger partial charge is 0.410 e. The summed E-state index contributed by atoms with van der Waals surface area (Å²) < 4.78 is 10.4. The van der Waals surface area contributed by atoms with Gasteiger partial charge in [-0.25, -0.2) is 9.59 Å². The first-order valence-electron chi connectivity index (χ1n) is 9.96. The van der Waals surface area contributed by atoms with Crippen LogP contribution in [0.3, 0.4) is 0 Å².